The molecule has 0 heterocycles. The van der Waals surface area contributed by atoms with Gasteiger partial charge in [-0.1, -0.05) is 0 Å². The van der Waals surface area contributed by atoms with Crippen LogP contribution in [0.2, 0.25) is 0 Å². The third kappa shape index (κ3) is 10.5. The van der Waals surface area contributed by atoms with Crippen LogP contribution in [0.5, 0.6) is 0 Å². The van der Waals surface area contributed by atoms with Gasteiger partial charge in [-0.25, -0.2) is 0 Å². The van der Waals surface area contributed by atoms with Crippen LogP contribution in [0.1, 0.15) is 26.7 Å². The van der Waals surface area contributed by atoms with Crippen LogP contribution in [-0.2, 0) is 23.8 Å². The number of ether oxygens (including phenoxy) is 3. The molecule has 0 bridgehead atoms. The van der Waals surface area contributed by atoms with Crippen LogP contribution in [0.15, 0.2) is 0 Å². The Labute approximate surface area is 115 Å². The number of nitrogens with zero attached hydrogens (tertiary/aromatic N) is 1. The Morgan fingerprint density at radius 3 is 1.74 bits per heavy atom. The Morgan fingerprint density at radius 2 is 1.37 bits per heavy atom. The molecule has 0 amide bonds. The van der Waals surface area contributed by atoms with Gasteiger partial charge in [0.25, 0.3) is 0 Å². The van der Waals surface area contributed by atoms with Crippen LogP contribution < -0.4 is 0 Å². The van der Waals surface area contributed by atoms with E-state index < -0.39 is 0 Å². The van der Waals surface area contributed by atoms with Crippen molar-refractivity contribution >= 4 is 11.9 Å². The van der Waals surface area contributed by atoms with E-state index in [0.29, 0.717) is 52.3 Å². The largest absolute Gasteiger partial charge is 0.466 e. The summed E-state index contributed by atoms with van der Waals surface area (Å²) in [6, 6.07) is 0. The van der Waals surface area contributed by atoms with E-state index in [1.807, 2.05) is 4.90 Å². The van der Waals surface area contributed by atoms with E-state index in [-0.39, 0.29) is 11.9 Å². The van der Waals surface area contributed by atoms with E-state index >= 15 is 0 Å². The molecule has 0 aromatic heterocycles. The van der Waals surface area contributed by atoms with E-state index in [2.05, 4.69) is 0 Å². The van der Waals surface area contributed by atoms with Crippen LogP contribution in [0.4, 0.5) is 0 Å². The first kappa shape index (κ1) is 17.9. The number of methoxy groups -OCH3 is 1. The zero-order valence-corrected chi connectivity index (χ0v) is 12.1. The SMILES string of the molecule is CCOC(=O)CCN(CCOC)CCC(=O)OCC. The molecule has 0 aliphatic heterocycles. The van der Waals surface area contributed by atoms with Gasteiger partial charge in [0, 0.05) is 26.7 Å². The van der Waals surface area contributed by atoms with Gasteiger partial charge in [0.1, 0.15) is 0 Å². The van der Waals surface area contributed by atoms with Crippen molar-refractivity contribution in [3.63, 3.8) is 0 Å². The molecule has 0 atom stereocenters. The molecule has 0 aromatic carbocycles. The average molecular weight is 275 g/mol. The summed E-state index contributed by atoms with van der Waals surface area (Å²) in [6.07, 6.45) is 0.640. The van der Waals surface area contributed by atoms with E-state index in [1.165, 1.54) is 0 Å². The molecule has 0 N–H and O–H groups in total. The predicted molar refractivity (Wildman–Crippen MR) is 70.8 cm³/mol. The van der Waals surface area contributed by atoms with Crippen LogP contribution in [0.25, 0.3) is 0 Å². The fraction of sp³-hybridized carbons (Fsp3) is 0.846. The predicted octanol–water partition coefficient (Wildman–Crippen LogP) is 0.841. The minimum absolute atomic E-state index is 0.221. The smallest absolute Gasteiger partial charge is 0.307 e. The second-order valence-corrected chi connectivity index (χ2v) is 3.94. The third-order valence-corrected chi connectivity index (χ3v) is 2.49. The van der Waals surface area contributed by atoms with Crippen molar-refractivity contribution in [3.05, 3.63) is 0 Å². The quantitative estimate of drug-likeness (QED) is 0.521. The number of rotatable bonds is 11. The first-order chi connectivity index (χ1) is 9.13. The first-order valence-electron chi connectivity index (χ1n) is 6.66. The second kappa shape index (κ2) is 11.9. The topological polar surface area (TPSA) is 65.1 Å². The van der Waals surface area contributed by atoms with E-state index in [0.717, 1.165) is 0 Å². The Morgan fingerprint density at radius 1 is 0.895 bits per heavy atom. The first-order valence-corrected chi connectivity index (χ1v) is 6.66. The minimum atomic E-state index is -0.221. The summed E-state index contributed by atoms with van der Waals surface area (Å²) >= 11 is 0. The molecule has 6 heteroatoms. The van der Waals surface area contributed by atoms with Gasteiger partial charge >= 0.3 is 11.9 Å². The molecule has 0 spiro atoms. The Kier molecular flexibility index (Phi) is 11.2. The van der Waals surface area contributed by atoms with E-state index in [9.17, 15) is 9.59 Å². The van der Waals surface area contributed by atoms with Crippen LogP contribution in [0, 0.1) is 0 Å². The van der Waals surface area contributed by atoms with Crippen LogP contribution in [0.3, 0.4) is 0 Å². The monoisotopic (exact) mass is 275 g/mol. The molecule has 0 radical (unpaired) electrons. The van der Waals surface area contributed by atoms with Crippen LogP contribution >= 0.6 is 0 Å². The molecule has 112 valence electrons. The standard InChI is InChI=1S/C13H25NO5/c1-4-18-12(15)6-8-14(10-11-17-3)9-7-13(16)19-5-2/h4-11H2,1-3H3. The van der Waals surface area contributed by atoms with Gasteiger partial charge in [-0.05, 0) is 13.8 Å². The molecule has 0 fully saturated rings. The van der Waals surface area contributed by atoms with Crippen molar-refractivity contribution in [1.82, 2.24) is 4.90 Å². The van der Waals surface area contributed by atoms with E-state index in [1.54, 1.807) is 21.0 Å². The molecular formula is C13H25NO5. The highest BCUT2D eigenvalue weighted by molar-refractivity contribution is 5.70. The summed E-state index contributed by atoms with van der Waals surface area (Å²) in [5.74, 6) is -0.442. The zero-order chi connectivity index (χ0) is 14.5. The summed E-state index contributed by atoms with van der Waals surface area (Å²) in [7, 11) is 1.62. The lowest BCUT2D eigenvalue weighted by atomic mass is 10.3. The van der Waals surface area contributed by atoms with Gasteiger partial charge in [0.05, 0.1) is 32.7 Å². The Balaban J connectivity index is 4.00. The lowest BCUT2D eigenvalue weighted by Crippen LogP contribution is -2.32. The molecule has 0 aliphatic rings. The second-order valence-electron chi connectivity index (χ2n) is 3.94. The molecule has 0 unspecified atom stereocenters. The van der Waals surface area contributed by atoms with Crippen molar-refractivity contribution in [2.75, 3.05) is 46.6 Å². The highest BCUT2D eigenvalue weighted by atomic mass is 16.5. The van der Waals surface area contributed by atoms with Crippen molar-refractivity contribution in [2.45, 2.75) is 26.7 Å². The summed E-state index contributed by atoms with van der Waals surface area (Å²) in [6.45, 7) is 6.69. The van der Waals surface area contributed by atoms with Gasteiger partial charge in [0.15, 0.2) is 0 Å². The maximum atomic E-state index is 11.3. The molecule has 0 saturated carbocycles. The average Bonchev–Trinajstić information content (AvgIpc) is 2.38. The summed E-state index contributed by atoms with van der Waals surface area (Å²) < 4.78 is 14.8. The van der Waals surface area contributed by atoms with Gasteiger partial charge in [-0.3, -0.25) is 14.5 Å². The lowest BCUT2D eigenvalue weighted by molar-refractivity contribution is -0.143. The number of carbonyl (C=O) groups is 2. The molecular weight excluding hydrogens is 250 g/mol. The summed E-state index contributed by atoms with van der Waals surface area (Å²) in [5.41, 5.74) is 0. The number of hydrogen-bond acceptors (Lipinski definition) is 6. The highest BCUT2D eigenvalue weighted by Crippen LogP contribution is 1.98. The van der Waals surface area contributed by atoms with Crippen molar-refractivity contribution < 1.29 is 23.8 Å². The third-order valence-electron chi connectivity index (χ3n) is 2.49. The van der Waals surface area contributed by atoms with E-state index in [4.69, 9.17) is 14.2 Å². The Bertz CT molecular complexity index is 235. The fourth-order valence-corrected chi connectivity index (χ4v) is 1.52. The molecule has 0 aliphatic carbocycles. The molecule has 0 saturated heterocycles. The maximum absolute atomic E-state index is 11.3. The number of carbonyl (C=O) groups excluding carboxylic acids is 2. The minimum Gasteiger partial charge on any atom is -0.466 e. The number of hydrogen-bond donors (Lipinski definition) is 0. The van der Waals surface area contributed by atoms with Gasteiger partial charge in [-0.15, -0.1) is 0 Å². The molecule has 0 aromatic rings. The highest BCUT2D eigenvalue weighted by Gasteiger charge is 2.11. The fourth-order valence-electron chi connectivity index (χ4n) is 1.52. The van der Waals surface area contributed by atoms with Crippen molar-refractivity contribution in [3.8, 4) is 0 Å². The number of esters is 2. The van der Waals surface area contributed by atoms with Crippen molar-refractivity contribution in [2.24, 2.45) is 0 Å². The normalized spacial score (nSPS) is 10.5. The van der Waals surface area contributed by atoms with Gasteiger partial charge in [0.2, 0.25) is 0 Å². The molecule has 6 nitrogen and oxygen atoms in total. The molecule has 0 rings (SSSR count). The lowest BCUT2D eigenvalue weighted by Gasteiger charge is -2.20. The van der Waals surface area contributed by atoms with Crippen LogP contribution in [-0.4, -0.2) is 63.4 Å². The van der Waals surface area contributed by atoms with Gasteiger partial charge in [-0.2, -0.15) is 0 Å². The van der Waals surface area contributed by atoms with Crippen molar-refractivity contribution in [1.29, 1.82) is 0 Å². The maximum Gasteiger partial charge on any atom is 0.307 e. The zero-order valence-electron chi connectivity index (χ0n) is 12.1. The summed E-state index contributed by atoms with van der Waals surface area (Å²) in [4.78, 5) is 24.6. The Hall–Kier alpha value is -1.14. The summed E-state index contributed by atoms with van der Waals surface area (Å²) in [5, 5.41) is 0. The van der Waals surface area contributed by atoms with Gasteiger partial charge < -0.3 is 14.2 Å². The molecule has 19 heavy (non-hydrogen) atoms.